The smallest absolute Gasteiger partial charge is 0.246 e. The molecule has 0 saturated carbocycles. The van der Waals surface area contributed by atoms with E-state index in [1.165, 1.54) is 0 Å². The molecule has 0 spiro atoms. The molecule has 43 heavy (non-hydrogen) atoms. The first-order valence-electron chi connectivity index (χ1n) is 14.9. The SMILES string of the molecule is CC/C(C)=C/C(=N)c1c(-c2ccc(Oc3ccccc3)cc2)nn(C2CCN(C(=O)C=CCN(C)CCOC)C2)c1NC. The van der Waals surface area contributed by atoms with Gasteiger partial charge in [-0.05, 0) is 69.3 Å². The van der Waals surface area contributed by atoms with Crippen LogP contribution in [-0.2, 0) is 9.53 Å². The Morgan fingerprint density at radius 3 is 2.56 bits per heavy atom. The van der Waals surface area contributed by atoms with Crippen molar-refractivity contribution in [2.45, 2.75) is 32.7 Å². The number of likely N-dealkylation sites (N-methyl/N-ethyl adjacent to an activating group) is 1. The normalized spacial score (nSPS) is 15.4. The fourth-order valence-electron chi connectivity index (χ4n) is 5.04. The minimum absolute atomic E-state index is 0.00417. The number of aromatic nitrogens is 2. The highest BCUT2D eigenvalue weighted by atomic mass is 16.5. The molecule has 1 atom stereocenters. The first-order chi connectivity index (χ1) is 20.8. The lowest BCUT2D eigenvalue weighted by atomic mass is 10.0. The fraction of sp³-hybridized carbons (Fsp3) is 0.382. The zero-order chi connectivity index (χ0) is 30.8. The summed E-state index contributed by atoms with van der Waals surface area (Å²) in [6.45, 7) is 7.48. The molecule has 1 fully saturated rings. The summed E-state index contributed by atoms with van der Waals surface area (Å²) in [4.78, 5) is 17.0. The van der Waals surface area contributed by atoms with Crippen LogP contribution >= 0.6 is 0 Å². The standard InChI is InChI=1S/C34H44N6O3/c1-6-25(2)23-30(35)32-33(26-14-16-29(17-15-26)43-28-11-8-7-9-12-28)37-40(34(32)36-3)27-18-20-39(24-27)31(41)13-10-19-38(4)21-22-42-5/h7-17,23,27,35-36H,6,18-22,24H2,1-5H3/b13-10?,25-23+,35-30?. The van der Waals surface area contributed by atoms with Gasteiger partial charge in [0.1, 0.15) is 23.0 Å². The summed E-state index contributed by atoms with van der Waals surface area (Å²) in [5, 5.41) is 17.5. The summed E-state index contributed by atoms with van der Waals surface area (Å²) < 4.78 is 13.1. The second-order valence-electron chi connectivity index (χ2n) is 10.8. The van der Waals surface area contributed by atoms with Crippen LogP contribution in [0.2, 0.25) is 0 Å². The molecule has 1 amide bonds. The Bertz CT molecular complexity index is 1430. The molecule has 2 heterocycles. The number of likely N-dealkylation sites (tertiary alicyclic amines) is 1. The van der Waals surface area contributed by atoms with Crippen LogP contribution in [0, 0.1) is 5.41 Å². The highest BCUT2D eigenvalue weighted by Crippen LogP contribution is 2.35. The molecule has 0 radical (unpaired) electrons. The van der Waals surface area contributed by atoms with E-state index in [-0.39, 0.29) is 11.9 Å². The van der Waals surface area contributed by atoms with Crippen molar-refractivity contribution in [3.63, 3.8) is 0 Å². The van der Waals surface area contributed by atoms with Crippen LogP contribution in [0.15, 0.2) is 78.4 Å². The van der Waals surface area contributed by atoms with Crippen molar-refractivity contribution in [1.29, 1.82) is 5.41 Å². The molecule has 0 bridgehead atoms. The number of nitrogens with zero attached hydrogens (tertiary/aromatic N) is 4. The van der Waals surface area contributed by atoms with Crippen LogP contribution in [0.4, 0.5) is 5.82 Å². The summed E-state index contributed by atoms with van der Waals surface area (Å²) in [7, 11) is 5.55. The molecular formula is C34H44N6O3. The van der Waals surface area contributed by atoms with Gasteiger partial charge in [-0.1, -0.05) is 36.8 Å². The summed E-state index contributed by atoms with van der Waals surface area (Å²) in [6.07, 6.45) is 7.13. The van der Waals surface area contributed by atoms with Crippen molar-refractivity contribution in [2.24, 2.45) is 0 Å². The maximum absolute atomic E-state index is 13.0. The van der Waals surface area contributed by atoms with Crippen molar-refractivity contribution >= 4 is 17.4 Å². The highest BCUT2D eigenvalue weighted by molar-refractivity contribution is 6.14. The van der Waals surface area contributed by atoms with Gasteiger partial charge in [0.2, 0.25) is 5.91 Å². The van der Waals surface area contributed by atoms with Crippen LogP contribution in [0.25, 0.3) is 11.3 Å². The van der Waals surface area contributed by atoms with Crippen LogP contribution in [0.5, 0.6) is 11.5 Å². The first kappa shape index (κ1) is 31.7. The van der Waals surface area contributed by atoms with Gasteiger partial charge in [-0.25, -0.2) is 4.68 Å². The predicted octanol–water partition coefficient (Wildman–Crippen LogP) is 6.02. The maximum atomic E-state index is 13.0. The van der Waals surface area contributed by atoms with Gasteiger partial charge in [-0.15, -0.1) is 0 Å². The van der Waals surface area contributed by atoms with Crippen LogP contribution in [-0.4, -0.2) is 85.2 Å². The lowest BCUT2D eigenvalue weighted by Crippen LogP contribution is -2.28. The number of ether oxygens (including phenoxy) is 2. The number of allylic oxidation sites excluding steroid dienone is 2. The third-order valence-electron chi connectivity index (χ3n) is 7.65. The van der Waals surface area contributed by atoms with Gasteiger partial charge in [-0.3, -0.25) is 4.79 Å². The quantitative estimate of drug-likeness (QED) is 0.178. The van der Waals surface area contributed by atoms with E-state index in [2.05, 4.69) is 17.1 Å². The Kier molecular flexibility index (Phi) is 11.3. The van der Waals surface area contributed by atoms with Gasteiger partial charge >= 0.3 is 0 Å². The van der Waals surface area contributed by atoms with E-state index >= 15 is 0 Å². The van der Waals surface area contributed by atoms with E-state index in [4.69, 9.17) is 20.0 Å². The molecule has 3 aromatic rings. The third kappa shape index (κ3) is 8.21. The van der Waals surface area contributed by atoms with Gasteiger partial charge in [0.05, 0.1) is 23.9 Å². The number of amides is 1. The Morgan fingerprint density at radius 2 is 1.88 bits per heavy atom. The number of benzene rings is 2. The molecule has 1 aromatic heterocycles. The fourth-order valence-corrected chi connectivity index (χ4v) is 5.04. The largest absolute Gasteiger partial charge is 0.457 e. The molecule has 2 aromatic carbocycles. The molecule has 1 aliphatic heterocycles. The average Bonchev–Trinajstić information content (AvgIpc) is 3.66. The summed E-state index contributed by atoms with van der Waals surface area (Å²) >= 11 is 0. The Morgan fingerprint density at radius 1 is 1.16 bits per heavy atom. The molecular weight excluding hydrogens is 540 g/mol. The molecule has 1 unspecified atom stereocenters. The molecule has 1 aliphatic rings. The zero-order valence-electron chi connectivity index (χ0n) is 26.0. The Balaban J connectivity index is 1.59. The van der Waals surface area contributed by atoms with E-state index in [0.717, 1.165) is 59.1 Å². The lowest BCUT2D eigenvalue weighted by molar-refractivity contribution is -0.125. The third-order valence-corrected chi connectivity index (χ3v) is 7.65. The van der Waals surface area contributed by atoms with Gasteiger partial charge in [-0.2, -0.15) is 5.10 Å². The van der Waals surface area contributed by atoms with E-state index in [0.29, 0.717) is 32.0 Å². The van der Waals surface area contributed by atoms with Crippen LogP contribution in [0.3, 0.4) is 0 Å². The number of carbonyl (C=O) groups excluding carboxylic acids is 1. The monoisotopic (exact) mass is 584 g/mol. The number of methoxy groups -OCH3 is 1. The minimum Gasteiger partial charge on any atom is -0.457 e. The predicted molar refractivity (Wildman–Crippen MR) is 173 cm³/mol. The minimum atomic E-state index is -0.0126. The zero-order valence-corrected chi connectivity index (χ0v) is 26.0. The topological polar surface area (TPSA) is 95.7 Å². The molecule has 4 rings (SSSR count). The Hall–Kier alpha value is -4.21. The molecule has 228 valence electrons. The van der Waals surface area contributed by atoms with Crippen LogP contribution < -0.4 is 10.1 Å². The number of carbonyl (C=O) groups is 1. The van der Waals surface area contributed by atoms with Crippen LogP contribution in [0.1, 0.15) is 38.3 Å². The average molecular weight is 585 g/mol. The molecule has 2 N–H and O–H groups in total. The second-order valence-corrected chi connectivity index (χ2v) is 10.8. The highest BCUT2D eigenvalue weighted by Gasteiger charge is 2.31. The first-order valence-corrected chi connectivity index (χ1v) is 14.9. The Labute approximate surface area is 255 Å². The maximum Gasteiger partial charge on any atom is 0.246 e. The lowest BCUT2D eigenvalue weighted by Gasteiger charge is -2.17. The van der Waals surface area contributed by atoms with Crippen molar-refractivity contribution in [3.05, 3.63) is 84.0 Å². The number of anilines is 1. The van der Waals surface area contributed by atoms with E-state index in [1.807, 2.05) is 97.4 Å². The van der Waals surface area contributed by atoms with Crippen molar-refractivity contribution in [3.8, 4) is 22.8 Å². The number of hydrogen-bond donors (Lipinski definition) is 2. The van der Waals surface area contributed by atoms with E-state index < -0.39 is 0 Å². The summed E-state index contributed by atoms with van der Waals surface area (Å²) in [5.41, 5.74) is 3.89. The van der Waals surface area contributed by atoms with Crippen molar-refractivity contribution in [1.82, 2.24) is 19.6 Å². The van der Waals surface area contributed by atoms with E-state index in [1.54, 1.807) is 13.2 Å². The van der Waals surface area contributed by atoms with Gasteiger partial charge in [0.25, 0.3) is 0 Å². The van der Waals surface area contributed by atoms with Crippen molar-refractivity contribution in [2.75, 3.05) is 59.3 Å². The summed E-state index contributed by atoms with van der Waals surface area (Å²) in [6, 6.07) is 17.5. The molecule has 0 aliphatic carbocycles. The number of para-hydroxylation sites is 1. The molecule has 9 heteroatoms. The van der Waals surface area contributed by atoms with Gasteiger partial charge < -0.3 is 30.0 Å². The summed E-state index contributed by atoms with van der Waals surface area (Å²) in [5.74, 6) is 2.28. The van der Waals surface area contributed by atoms with Crippen molar-refractivity contribution < 1.29 is 14.3 Å². The number of nitrogens with one attached hydrogen (secondary N) is 2. The van der Waals surface area contributed by atoms with E-state index in [9.17, 15) is 4.79 Å². The molecule has 9 nitrogen and oxygen atoms in total. The number of rotatable bonds is 14. The second kappa shape index (κ2) is 15.3. The van der Waals surface area contributed by atoms with Gasteiger partial charge in [0.15, 0.2) is 0 Å². The van der Waals surface area contributed by atoms with Gasteiger partial charge in [0, 0.05) is 52.0 Å². The number of hydrogen-bond acceptors (Lipinski definition) is 7. The molecule has 1 saturated heterocycles.